The molecule has 3 amide bonds. The number of ether oxygens (including phenoxy) is 1. The fourth-order valence-electron chi connectivity index (χ4n) is 2.41. The van der Waals surface area contributed by atoms with Crippen LogP contribution in [-0.2, 0) is 16.1 Å². The highest BCUT2D eigenvalue weighted by Crippen LogP contribution is 2.24. The monoisotopic (exact) mass is 405 g/mol. The van der Waals surface area contributed by atoms with Crippen molar-refractivity contribution in [2.24, 2.45) is 5.92 Å². The molecule has 1 heterocycles. The highest BCUT2D eigenvalue weighted by Gasteiger charge is 2.16. The van der Waals surface area contributed by atoms with Crippen LogP contribution in [0.1, 0.15) is 19.4 Å². The van der Waals surface area contributed by atoms with Gasteiger partial charge in [-0.15, -0.1) is 10.2 Å². The lowest BCUT2D eigenvalue weighted by molar-refractivity contribution is -0.117. The quantitative estimate of drug-likeness (QED) is 0.622. The Kier molecular flexibility index (Phi) is 8.46. The molecule has 0 radical (unpaired) electrons. The van der Waals surface area contributed by atoms with Crippen LogP contribution in [0.15, 0.2) is 29.4 Å². The highest BCUT2D eigenvalue weighted by atomic mass is 32.2. The third kappa shape index (κ3) is 6.65. The van der Waals surface area contributed by atoms with Gasteiger partial charge in [0.2, 0.25) is 5.91 Å². The first-order valence-electron chi connectivity index (χ1n) is 9.10. The molecule has 2 N–H and O–H groups in total. The number of carbonyl (C=O) groups excluding carboxylic acids is 2. The summed E-state index contributed by atoms with van der Waals surface area (Å²) < 4.78 is 7.12. The van der Waals surface area contributed by atoms with Crippen molar-refractivity contribution in [1.29, 1.82) is 0 Å². The number of benzene rings is 1. The van der Waals surface area contributed by atoms with Crippen LogP contribution in [-0.4, -0.2) is 52.7 Å². The van der Waals surface area contributed by atoms with Gasteiger partial charge in [-0.25, -0.2) is 4.79 Å². The van der Waals surface area contributed by atoms with E-state index in [2.05, 4.69) is 20.8 Å². The molecule has 2 rings (SSSR count). The Morgan fingerprint density at radius 2 is 2.07 bits per heavy atom. The van der Waals surface area contributed by atoms with Crippen LogP contribution in [0.5, 0.6) is 0 Å². The Bertz CT molecular complexity index is 807. The molecule has 0 aliphatic rings. The molecular formula is C19H27N5O3S. The molecule has 0 spiro atoms. The van der Waals surface area contributed by atoms with E-state index in [1.807, 2.05) is 49.6 Å². The summed E-state index contributed by atoms with van der Waals surface area (Å²) in [5, 5.41) is 14.1. The number of carbonyl (C=O) groups is 2. The van der Waals surface area contributed by atoms with Crippen LogP contribution in [0.25, 0.3) is 11.4 Å². The Balaban J connectivity index is 2.04. The minimum absolute atomic E-state index is 0.0635. The zero-order chi connectivity index (χ0) is 20.5. The average Bonchev–Trinajstić information content (AvgIpc) is 3.05. The molecule has 0 saturated carbocycles. The van der Waals surface area contributed by atoms with Crippen LogP contribution in [0.3, 0.4) is 0 Å². The van der Waals surface area contributed by atoms with Gasteiger partial charge in [-0.1, -0.05) is 49.4 Å². The topological polar surface area (TPSA) is 98.1 Å². The Hall–Kier alpha value is -2.39. The summed E-state index contributed by atoms with van der Waals surface area (Å²) in [4.78, 5) is 23.7. The third-order valence-electron chi connectivity index (χ3n) is 3.77. The van der Waals surface area contributed by atoms with E-state index >= 15 is 0 Å². The van der Waals surface area contributed by atoms with Gasteiger partial charge in [-0.05, 0) is 18.9 Å². The van der Waals surface area contributed by atoms with Crippen LogP contribution in [0.4, 0.5) is 4.79 Å². The maximum Gasteiger partial charge on any atom is 0.321 e. The molecule has 0 bridgehead atoms. The minimum atomic E-state index is -0.486. The van der Waals surface area contributed by atoms with Gasteiger partial charge in [0, 0.05) is 19.2 Å². The van der Waals surface area contributed by atoms with Gasteiger partial charge in [0.05, 0.1) is 18.9 Å². The zero-order valence-corrected chi connectivity index (χ0v) is 17.5. The van der Waals surface area contributed by atoms with E-state index in [9.17, 15) is 9.59 Å². The molecule has 8 nitrogen and oxygen atoms in total. The molecular weight excluding hydrogens is 378 g/mol. The van der Waals surface area contributed by atoms with Gasteiger partial charge < -0.3 is 10.1 Å². The van der Waals surface area contributed by atoms with E-state index < -0.39 is 6.03 Å². The van der Waals surface area contributed by atoms with Crippen LogP contribution in [0, 0.1) is 12.8 Å². The van der Waals surface area contributed by atoms with Crippen molar-refractivity contribution in [3.8, 4) is 11.4 Å². The van der Waals surface area contributed by atoms with E-state index in [1.54, 1.807) is 7.11 Å². The average molecular weight is 406 g/mol. The van der Waals surface area contributed by atoms with Gasteiger partial charge in [0.25, 0.3) is 0 Å². The molecule has 2 aromatic rings. The van der Waals surface area contributed by atoms with Gasteiger partial charge in [-0.2, -0.15) is 0 Å². The fourth-order valence-corrected chi connectivity index (χ4v) is 3.18. The number of hydrogen-bond acceptors (Lipinski definition) is 6. The number of nitrogens with one attached hydrogen (secondary N) is 2. The molecule has 28 heavy (non-hydrogen) atoms. The molecule has 0 unspecified atom stereocenters. The molecule has 0 aliphatic carbocycles. The summed E-state index contributed by atoms with van der Waals surface area (Å²) in [5.41, 5.74) is 2.08. The SMILES string of the molecule is COCCn1c(SCC(=O)NC(=O)NCC(C)C)nnc1-c1cccc(C)c1. The Labute approximate surface area is 169 Å². The Morgan fingerprint density at radius 3 is 2.75 bits per heavy atom. The van der Waals surface area contributed by atoms with Gasteiger partial charge in [0.1, 0.15) is 0 Å². The van der Waals surface area contributed by atoms with Crippen LogP contribution < -0.4 is 10.6 Å². The number of aryl methyl sites for hydroxylation is 1. The van der Waals surface area contributed by atoms with Gasteiger partial charge in [0.15, 0.2) is 11.0 Å². The lowest BCUT2D eigenvalue weighted by Gasteiger charge is -2.10. The van der Waals surface area contributed by atoms with Crippen molar-refractivity contribution in [3.05, 3.63) is 29.8 Å². The third-order valence-corrected chi connectivity index (χ3v) is 4.74. The lowest BCUT2D eigenvalue weighted by atomic mass is 10.1. The molecule has 0 fully saturated rings. The van der Waals surface area contributed by atoms with E-state index in [0.717, 1.165) is 17.0 Å². The summed E-state index contributed by atoms with van der Waals surface area (Å²) in [6.45, 7) is 7.55. The Morgan fingerprint density at radius 1 is 1.29 bits per heavy atom. The minimum Gasteiger partial charge on any atom is -0.383 e. The number of methoxy groups -OCH3 is 1. The first kappa shape index (κ1) is 21.9. The maximum absolute atomic E-state index is 12.0. The van der Waals surface area contributed by atoms with E-state index in [4.69, 9.17) is 4.74 Å². The number of amides is 3. The molecule has 9 heteroatoms. The summed E-state index contributed by atoms with van der Waals surface area (Å²) in [6.07, 6.45) is 0. The largest absolute Gasteiger partial charge is 0.383 e. The number of nitrogens with zero attached hydrogens (tertiary/aromatic N) is 3. The molecule has 0 aliphatic heterocycles. The smallest absolute Gasteiger partial charge is 0.321 e. The number of urea groups is 1. The number of imide groups is 1. The molecule has 1 aromatic carbocycles. The van der Waals surface area contributed by atoms with Crippen molar-refractivity contribution in [2.75, 3.05) is 26.0 Å². The van der Waals surface area contributed by atoms with Crippen LogP contribution in [0.2, 0.25) is 0 Å². The van der Waals surface area contributed by atoms with Crippen molar-refractivity contribution < 1.29 is 14.3 Å². The van der Waals surface area contributed by atoms with Crippen molar-refractivity contribution in [2.45, 2.75) is 32.5 Å². The maximum atomic E-state index is 12.0. The predicted molar refractivity (Wildman–Crippen MR) is 109 cm³/mol. The van der Waals surface area contributed by atoms with Crippen molar-refractivity contribution in [3.63, 3.8) is 0 Å². The first-order chi connectivity index (χ1) is 13.4. The summed E-state index contributed by atoms with van der Waals surface area (Å²) in [6, 6.07) is 7.51. The van der Waals surface area contributed by atoms with Gasteiger partial charge >= 0.3 is 6.03 Å². The summed E-state index contributed by atoms with van der Waals surface area (Å²) in [5.74, 6) is 0.714. The fraction of sp³-hybridized carbons (Fsp3) is 0.474. The zero-order valence-electron chi connectivity index (χ0n) is 16.7. The van der Waals surface area contributed by atoms with E-state index in [-0.39, 0.29) is 11.7 Å². The number of hydrogen-bond donors (Lipinski definition) is 2. The van der Waals surface area contributed by atoms with E-state index in [0.29, 0.717) is 30.8 Å². The van der Waals surface area contributed by atoms with Crippen LogP contribution >= 0.6 is 11.8 Å². The second kappa shape index (κ2) is 10.8. The summed E-state index contributed by atoms with van der Waals surface area (Å²) in [7, 11) is 1.63. The number of aromatic nitrogens is 3. The lowest BCUT2D eigenvalue weighted by Crippen LogP contribution is -2.41. The second-order valence-corrected chi connectivity index (χ2v) is 7.70. The normalized spacial score (nSPS) is 10.9. The van der Waals surface area contributed by atoms with Crippen molar-refractivity contribution >= 4 is 23.7 Å². The molecule has 1 aromatic heterocycles. The molecule has 152 valence electrons. The first-order valence-corrected chi connectivity index (χ1v) is 10.1. The second-order valence-electron chi connectivity index (χ2n) is 6.76. The van der Waals surface area contributed by atoms with Gasteiger partial charge in [-0.3, -0.25) is 14.7 Å². The number of thioether (sulfide) groups is 1. The van der Waals surface area contributed by atoms with E-state index in [1.165, 1.54) is 11.8 Å². The predicted octanol–water partition coefficient (Wildman–Crippen LogP) is 2.47. The number of rotatable bonds is 9. The highest BCUT2D eigenvalue weighted by molar-refractivity contribution is 7.99. The molecule has 0 saturated heterocycles. The standard InChI is InChI=1S/C19H27N5O3S/c1-13(2)11-20-18(26)21-16(25)12-28-19-23-22-17(24(19)8-9-27-4)15-7-5-6-14(3)10-15/h5-7,10,13H,8-9,11-12H2,1-4H3,(H2,20,21,25,26). The summed E-state index contributed by atoms with van der Waals surface area (Å²) >= 11 is 1.23. The molecule has 0 atom stereocenters. The van der Waals surface area contributed by atoms with Crippen molar-refractivity contribution in [1.82, 2.24) is 25.4 Å².